The SMILES string of the molecule is C=CC1(C(=O)O)CS[C@@H]2C(NC(=O)C(=NOCC(=O)O)c3csc(N)n3)C(=O)N2C1. The van der Waals surface area contributed by atoms with Crippen LogP contribution in [0.4, 0.5) is 5.13 Å². The first-order chi connectivity index (χ1) is 14.2. The fourth-order valence-corrected chi connectivity index (χ4v) is 4.98. The summed E-state index contributed by atoms with van der Waals surface area (Å²) in [7, 11) is 0. The Morgan fingerprint density at radius 2 is 2.23 bits per heavy atom. The van der Waals surface area contributed by atoms with E-state index in [1.807, 2.05) is 0 Å². The van der Waals surface area contributed by atoms with E-state index in [1.54, 1.807) is 0 Å². The van der Waals surface area contributed by atoms with E-state index in [1.165, 1.54) is 28.1 Å². The second kappa shape index (κ2) is 8.31. The van der Waals surface area contributed by atoms with Crippen LogP contribution in [-0.4, -0.2) is 79.9 Å². The summed E-state index contributed by atoms with van der Waals surface area (Å²) in [6.07, 6.45) is 1.31. The Morgan fingerprint density at radius 3 is 2.80 bits per heavy atom. The Balaban J connectivity index is 1.72. The third-order valence-electron chi connectivity index (χ3n) is 4.53. The molecule has 3 heterocycles. The van der Waals surface area contributed by atoms with Gasteiger partial charge in [0.1, 0.15) is 22.5 Å². The summed E-state index contributed by atoms with van der Waals surface area (Å²) < 4.78 is 0. The number of β-lactam (4-membered cyclic amide) rings is 1. The second-order valence-electron chi connectivity index (χ2n) is 6.46. The molecule has 1 aromatic rings. The number of aliphatic carboxylic acids is 2. The zero-order chi connectivity index (χ0) is 22.1. The molecule has 1 aromatic heterocycles. The minimum absolute atomic E-state index is 0.0417. The molecule has 2 saturated heterocycles. The minimum Gasteiger partial charge on any atom is -0.481 e. The molecular weight excluding hydrogens is 438 g/mol. The molecule has 3 rings (SSSR count). The number of carbonyl (C=O) groups is 4. The van der Waals surface area contributed by atoms with E-state index in [9.17, 15) is 24.3 Å². The molecule has 2 fully saturated rings. The number of nitrogens with one attached hydrogen (secondary N) is 1. The molecule has 2 amide bonds. The number of aromatic nitrogens is 1. The number of carbonyl (C=O) groups excluding carboxylic acids is 2. The average Bonchev–Trinajstić information content (AvgIpc) is 3.14. The molecule has 0 radical (unpaired) electrons. The molecule has 160 valence electrons. The zero-order valence-corrected chi connectivity index (χ0v) is 16.9. The summed E-state index contributed by atoms with van der Waals surface area (Å²) in [6.45, 7) is 2.75. The van der Waals surface area contributed by atoms with Gasteiger partial charge in [0, 0.05) is 17.7 Å². The molecule has 0 aromatic carbocycles. The number of fused-ring (bicyclic) bond motifs is 1. The molecule has 2 aliphatic rings. The van der Waals surface area contributed by atoms with Crippen molar-refractivity contribution >= 4 is 57.7 Å². The summed E-state index contributed by atoms with van der Waals surface area (Å²) >= 11 is 2.26. The molecule has 5 N–H and O–H groups in total. The number of thiazole rings is 1. The van der Waals surface area contributed by atoms with Crippen LogP contribution in [0.5, 0.6) is 0 Å². The first-order valence-electron chi connectivity index (χ1n) is 8.41. The van der Waals surface area contributed by atoms with E-state index < -0.39 is 47.2 Å². The molecule has 0 saturated carbocycles. The molecule has 0 aliphatic carbocycles. The molecule has 2 aliphatic heterocycles. The smallest absolute Gasteiger partial charge is 0.344 e. The van der Waals surface area contributed by atoms with Crippen LogP contribution in [0.1, 0.15) is 5.69 Å². The lowest BCUT2D eigenvalue weighted by atomic mass is 9.87. The van der Waals surface area contributed by atoms with E-state index in [0.717, 1.165) is 11.3 Å². The first kappa shape index (κ1) is 21.6. The van der Waals surface area contributed by atoms with E-state index >= 15 is 0 Å². The number of nitrogens with zero attached hydrogens (tertiary/aromatic N) is 3. The van der Waals surface area contributed by atoms with Crippen molar-refractivity contribution in [2.75, 3.05) is 24.6 Å². The highest BCUT2D eigenvalue weighted by Crippen LogP contribution is 2.42. The fraction of sp³-hybridized carbons (Fsp3) is 0.375. The molecule has 3 atom stereocenters. The highest BCUT2D eigenvalue weighted by Gasteiger charge is 2.56. The van der Waals surface area contributed by atoms with Crippen LogP contribution in [0.2, 0.25) is 0 Å². The van der Waals surface area contributed by atoms with Crippen LogP contribution in [0.15, 0.2) is 23.2 Å². The van der Waals surface area contributed by atoms with Gasteiger partial charge in [0.05, 0.1) is 0 Å². The first-order valence-corrected chi connectivity index (χ1v) is 10.3. The van der Waals surface area contributed by atoms with Crippen molar-refractivity contribution in [1.82, 2.24) is 15.2 Å². The monoisotopic (exact) mass is 455 g/mol. The summed E-state index contributed by atoms with van der Waals surface area (Å²) in [6, 6.07) is -0.903. The quantitative estimate of drug-likeness (QED) is 0.167. The maximum Gasteiger partial charge on any atom is 0.344 e. The number of oxime groups is 1. The van der Waals surface area contributed by atoms with E-state index in [-0.39, 0.29) is 28.8 Å². The molecular formula is C16H17N5O7S2. The summed E-state index contributed by atoms with van der Waals surface area (Å²) in [4.78, 5) is 57.4. The Hall–Kier alpha value is -3.13. The largest absolute Gasteiger partial charge is 0.481 e. The second-order valence-corrected chi connectivity index (χ2v) is 8.46. The van der Waals surface area contributed by atoms with Gasteiger partial charge in [0.15, 0.2) is 10.8 Å². The molecule has 30 heavy (non-hydrogen) atoms. The lowest BCUT2D eigenvalue weighted by Crippen LogP contribution is -2.73. The number of nitrogen functional groups attached to an aromatic ring is 1. The Labute approximate surface area is 177 Å². The van der Waals surface area contributed by atoms with Crippen molar-refractivity contribution < 1.29 is 34.2 Å². The highest BCUT2D eigenvalue weighted by molar-refractivity contribution is 8.00. The normalized spacial score (nSPS) is 25.7. The van der Waals surface area contributed by atoms with Crippen molar-refractivity contribution in [1.29, 1.82) is 0 Å². The predicted molar refractivity (Wildman–Crippen MR) is 107 cm³/mol. The molecule has 0 spiro atoms. The van der Waals surface area contributed by atoms with Crippen LogP contribution in [-0.2, 0) is 24.0 Å². The van der Waals surface area contributed by atoms with Crippen molar-refractivity contribution in [3.63, 3.8) is 0 Å². The van der Waals surface area contributed by atoms with Gasteiger partial charge in [-0.05, 0) is 0 Å². The number of amides is 2. The van der Waals surface area contributed by atoms with Gasteiger partial charge in [-0.1, -0.05) is 11.2 Å². The van der Waals surface area contributed by atoms with Crippen LogP contribution >= 0.6 is 23.1 Å². The van der Waals surface area contributed by atoms with Gasteiger partial charge in [-0.2, -0.15) is 0 Å². The van der Waals surface area contributed by atoms with Gasteiger partial charge >= 0.3 is 11.9 Å². The Kier molecular flexibility index (Phi) is 5.98. The highest BCUT2D eigenvalue weighted by atomic mass is 32.2. The lowest BCUT2D eigenvalue weighted by Gasteiger charge is -2.53. The van der Waals surface area contributed by atoms with Gasteiger partial charge in [-0.15, -0.1) is 29.7 Å². The number of hydrogen-bond acceptors (Lipinski definition) is 10. The average molecular weight is 455 g/mol. The summed E-state index contributed by atoms with van der Waals surface area (Å²) in [5.74, 6) is -3.42. The standard InChI is InChI=1S/C16H17N5O7S2/c1-2-16(14(26)27)5-21-12(25)10(13(21)30-6-16)19-11(24)9(20-28-3-8(22)23)7-4-29-15(17)18-7/h2,4,10,13H,1,3,5-6H2,(H2,17,18)(H,19,24)(H,22,23)(H,26,27)/t10?,13-,16?/m1/s1. The number of carboxylic acids is 2. The van der Waals surface area contributed by atoms with E-state index in [4.69, 9.17) is 10.8 Å². The van der Waals surface area contributed by atoms with Crippen LogP contribution in [0.3, 0.4) is 0 Å². The topological polar surface area (TPSA) is 185 Å². The lowest BCUT2D eigenvalue weighted by molar-refractivity contribution is -0.156. The number of carboxylic acid groups (broad SMARTS) is 2. The molecule has 0 bridgehead atoms. The number of nitrogens with two attached hydrogens (primary N) is 1. The van der Waals surface area contributed by atoms with Gasteiger partial charge in [-0.3, -0.25) is 14.4 Å². The van der Waals surface area contributed by atoms with E-state index in [0.29, 0.717) is 0 Å². The van der Waals surface area contributed by atoms with Gasteiger partial charge in [0.25, 0.3) is 5.91 Å². The maximum absolute atomic E-state index is 12.7. The number of anilines is 1. The van der Waals surface area contributed by atoms with Gasteiger partial charge in [-0.25, -0.2) is 9.78 Å². The van der Waals surface area contributed by atoms with Gasteiger partial charge < -0.3 is 31.0 Å². The third kappa shape index (κ3) is 3.95. The molecule has 12 nitrogen and oxygen atoms in total. The van der Waals surface area contributed by atoms with Crippen LogP contribution in [0, 0.1) is 5.41 Å². The van der Waals surface area contributed by atoms with Crippen molar-refractivity contribution in [3.8, 4) is 0 Å². The third-order valence-corrected chi connectivity index (χ3v) is 6.76. The Bertz CT molecular complexity index is 948. The number of hydrogen-bond donors (Lipinski definition) is 4. The molecule has 14 heteroatoms. The molecule has 2 unspecified atom stereocenters. The predicted octanol–water partition coefficient (Wildman–Crippen LogP) is -0.812. The van der Waals surface area contributed by atoms with Crippen LogP contribution in [0.25, 0.3) is 0 Å². The summed E-state index contributed by atoms with van der Waals surface area (Å²) in [5, 5.41) is 25.3. The zero-order valence-electron chi connectivity index (χ0n) is 15.3. The van der Waals surface area contributed by atoms with Crippen molar-refractivity contribution in [2.45, 2.75) is 11.4 Å². The van der Waals surface area contributed by atoms with Crippen molar-refractivity contribution in [3.05, 3.63) is 23.7 Å². The summed E-state index contributed by atoms with van der Waals surface area (Å²) in [5.41, 5.74) is 4.06. The van der Waals surface area contributed by atoms with Gasteiger partial charge in [0.2, 0.25) is 12.5 Å². The Morgan fingerprint density at radius 1 is 1.50 bits per heavy atom. The van der Waals surface area contributed by atoms with Crippen LogP contribution < -0.4 is 11.1 Å². The van der Waals surface area contributed by atoms with E-state index in [2.05, 4.69) is 26.9 Å². The van der Waals surface area contributed by atoms with Crippen molar-refractivity contribution in [2.24, 2.45) is 10.6 Å². The fourth-order valence-electron chi connectivity index (χ4n) is 2.90. The maximum atomic E-state index is 12.7. The minimum atomic E-state index is -1.29. The number of rotatable bonds is 8. The number of thioether (sulfide) groups is 1.